The smallest absolute Gasteiger partial charge is 0.243 e. The zero-order chi connectivity index (χ0) is 14.5. The van der Waals surface area contributed by atoms with Gasteiger partial charge in [0.1, 0.15) is 5.82 Å². The second kappa shape index (κ2) is 6.19. The maximum Gasteiger partial charge on any atom is 0.243 e. The number of hydrogen-bond donors (Lipinski definition) is 2. The topological polar surface area (TPSA) is 41.1 Å². The van der Waals surface area contributed by atoms with Crippen molar-refractivity contribution in [2.24, 2.45) is 0 Å². The Morgan fingerprint density at radius 3 is 2.60 bits per heavy atom. The SMILES string of the molecule is Cc1ccc(C)c(NCC(=O)Nc2ccccc2F)c1. The van der Waals surface area contributed by atoms with Crippen LogP contribution in [0.1, 0.15) is 11.1 Å². The fourth-order valence-corrected chi connectivity index (χ4v) is 1.86. The van der Waals surface area contributed by atoms with Crippen LogP contribution < -0.4 is 10.6 Å². The molecule has 0 bridgehead atoms. The lowest BCUT2D eigenvalue weighted by molar-refractivity contribution is -0.114. The number of benzene rings is 2. The molecular weight excluding hydrogens is 255 g/mol. The average molecular weight is 272 g/mol. The number of amides is 1. The molecule has 0 aliphatic carbocycles. The third-order valence-electron chi connectivity index (χ3n) is 2.98. The molecule has 2 aromatic carbocycles. The molecule has 0 radical (unpaired) electrons. The minimum atomic E-state index is -0.437. The van der Waals surface area contributed by atoms with E-state index in [1.807, 2.05) is 32.0 Å². The summed E-state index contributed by atoms with van der Waals surface area (Å²) >= 11 is 0. The second-order valence-corrected chi connectivity index (χ2v) is 4.70. The highest BCUT2D eigenvalue weighted by atomic mass is 19.1. The number of halogens is 1. The maximum atomic E-state index is 13.4. The summed E-state index contributed by atoms with van der Waals surface area (Å²) in [5.41, 5.74) is 3.29. The minimum Gasteiger partial charge on any atom is -0.376 e. The van der Waals surface area contributed by atoms with Crippen LogP contribution in [0, 0.1) is 19.7 Å². The fourth-order valence-electron chi connectivity index (χ4n) is 1.86. The lowest BCUT2D eigenvalue weighted by Gasteiger charge is -2.11. The molecule has 0 aromatic heterocycles. The largest absolute Gasteiger partial charge is 0.376 e. The Morgan fingerprint density at radius 1 is 1.10 bits per heavy atom. The summed E-state index contributed by atoms with van der Waals surface area (Å²) in [4.78, 5) is 11.8. The van der Waals surface area contributed by atoms with Crippen LogP contribution in [0.15, 0.2) is 42.5 Å². The number of rotatable bonds is 4. The first-order chi connectivity index (χ1) is 9.56. The standard InChI is InChI=1S/C16H17FN2O/c1-11-7-8-12(2)15(9-11)18-10-16(20)19-14-6-4-3-5-13(14)17/h3-9,18H,10H2,1-2H3,(H,19,20). The highest BCUT2D eigenvalue weighted by Gasteiger charge is 2.06. The Morgan fingerprint density at radius 2 is 1.85 bits per heavy atom. The molecule has 0 saturated carbocycles. The lowest BCUT2D eigenvalue weighted by Crippen LogP contribution is -2.22. The summed E-state index contributed by atoms with van der Waals surface area (Å²) in [6.45, 7) is 4.05. The first-order valence-corrected chi connectivity index (χ1v) is 6.42. The monoisotopic (exact) mass is 272 g/mol. The normalized spacial score (nSPS) is 10.2. The number of carbonyl (C=O) groups is 1. The zero-order valence-corrected chi connectivity index (χ0v) is 11.5. The van der Waals surface area contributed by atoms with Gasteiger partial charge in [0.2, 0.25) is 5.91 Å². The first-order valence-electron chi connectivity index (χ1n) is 6.42. The Balaban J connectivity index is 1.96. The minimum absolute atomic E-state index is 0.0959. The third kappa shape index (κ3) is 3.57. The van der Waals surface area contributed by atoms with Crippen LogP contribution >= 0.6 is 0 Å². The molecule has 0 aliphatic rings. The van der Waals surface area contributed by atoms with Gasteiger partial charge in [0.25, 0.3) is 0 Å². The van der Waals surface area contributed by atoms with Crippen molar-refractivity contribution in [3.8, 4) is 0 Å². The van der Waals surface area contributed by atoms with E-state index in [1.54, 1.807) is 12.1 Å². The number of carbonyl (C=O) groups excluding carboxylic acids is 1. The van der Waals surface area contributed by atoms with E-state index >= 15 is 0 Å². The summed E-state index contributed by atoms with van der Waals surface area (Å²) in [6, 6.07) is 12.1. The number of hydrogen-bond acceptors (Lipinski definition) is 2. The zero-order valence-electron chi connectivity index (χ0n) is 11.5. The van der Waals surface area contributed by atoms with Crippen LogP contribution in [-0.2, 0) is 4.79 Å². The molecule has 0 heterocycles. The van der Waals surface area contributed by atoms with Crippen LogP contribution in [0.3, 0.4) is 0 Å². The molecule has 3 nitrogen and oxygen atoms in total. The maximum absolute atomic E-state index is 13.4. The molecule has 0 saturated heterocycles. The summed E-state index contributed by atoms with van der Waals surface area (Å²) in [6.07, 6.45) is 0. The van der Waals surface area contributed by atoms with Gasteiger partial charge in [-0.1, -0.05) is 24.3 Å². The third-order valence-corrected chi connectivity index (χ3v) is 2.98. The first kappa shape index (κ1) is 14.1. The van der Waals surface area contributed by atoms with Crippen molar-refractivity contribution >= 4 is 17.3 Å². The van der Waals surface area contributed by atoms with Crippen molar-refractivity contribution in [3.05, 3.63) is 59.4 Å². The van der Waals surface area contributed by atoms with Gasteiger partial charge in [-0.15, -0.1) is 0 Å². The van der Waals surface area contributed by atoms with E-state index in [0.29, 0.717) is 0 Å². The van der Waals surface area contributed by atoms with Crippen molar-refractivity contribution in [2.75, 3.05) is 17.2 Å². The molecular formula is C16H17FN2O. The summed E-state index contributed by atoms with van der Waals surface area (Å²) in [5.74, 6) is -0.719. The van der Waals surface area contributed by atoms with Crippen molar-refractivity contribution in [1.82, 2.24) is 0 Å². The molecule has 1 amide bonds. The summed E-state index contributed by atoms with van der Waals surface area (Å²) < 4.78 is 13.4. The van der Waals surface area contributed by atoms with Gasteiger partial charge in [-0.05, 0) is 43.2 Å². The van der Waals surface area contributed by atoms with Crippen molar-refractivity contribution in [1.29, 1.82) is 0 Å². The van der Waals surface area contributed by atoms with Gasteiger partial charge >= 0.3 is 0 Å². The van der Waals surface area contributed by atoms with E-state index in [9.17, 15) is 9.18 Å². The van der Waals surface area contributed by atoms with Gasteiger partial charge in [-0.3, -0.25) is 4.79 Å². The molecule has 0 spiro atoms. The molecule has 2 rings (SSSR count). The van der Waals surface area contributed by atoms with Crippen molar-refractivity contribution < 1.29 is 9.18 Å². The van der Waals surface area contributed by atoms with Crippen LogP contribution in [0.25, 0.3) is 0 Å². The Hall–Kier alpha value is -2.36. The predicted molar refractivity (Wildman–Crippen MR) is 79.4 cm³/mol. The Kier molecular flexibility index (Phi) is 4.35. The van der Waals surface area contributed by atoms with E-state index < -0.39 is 5.82 Å². The molecule has 0 atom stereocenters. The van der Waals surface area contributed by atoms with Crippen molar-refractivity contribution in [2.45, 2.75) is 13.8 Å². The van der Waals surface area contributed by atoms with E-state index in [-0.39, 0.29) is 18.1 Å². The van der Waals surface area contributed by atoms with Gasteiger partial charge in [-0.2, -0.15) is 0 Å². The molecule has 104 valence electrons. The summed E-state index contributed by atoms with van der Waals surface area (Å²) in [7, 11) is 0. The van der Waals surface area contributed by atoms with Crippen LogP contribution in [0.5, 0.6) is 0 Å². The molecule has 0 unspecified atom stereocenters. The van der Waals surface area contributed by atoms with Gasteiger partial charge in [0.05, 0.1) is 12.2 Å². The summed E-state index contributed by atoms with van der Waals surface area (Å²) in [5, 5.41) is 5.60. The lowest BCUT2D eigenvalue weighted by atomic mass is 10.1. The molecule has 0 aliphatic heterocycles. The van der Waals surface area contributed by atoms with Gasteiger partial charge in [0, 0.05) is 5.69 Å². The molecule has 2 N–H and O–H groups in total. The number of aryl methyl sites for hydroxylation is 2. The predicted octanol–water partition coefficient (Wildman–Crippen LogP) is 3.49. The average Bonchev–Trinajstić information content (AvgIpc) is 2.42. The van der Waals surface area contributed by atoms with E-state index in [2.05, 4.69) is 10.6 Å². The molecule has 4 heteroatoms. The van der Waals surface area contributed by atoms with Gasteiger partial charge < -0.3 is 10.6 Å². The van der Waals surface area contributed by atoms with Crippen LogP contribution in [0.2, 0.25) is 0 Å². The second-order valence-electron chi connectivity index (χ2n) is 4.70. The van der Waals surface area contributed by atoms with Gasteiger partial charge in [0.15, 0.2) is 0 Å². The van der Waals surface area contributed by atoms with E-state index in [1.165, 1.54) is 12.1 Å². The molecule has 2 aromatic rings. The molecule has 0 fully saturated rings. The van der Waals surface area contributed by atoms with E-state index in [4.69, 9.17) is 0 Å². The molecule has 20 heavy (non-hydrogen) atoms. The van der Waals surface area contributed by atoms with Gasteiger partial charge in [-0.25, -0.2) is 4.39 Å². The fraction of sp³-hybridized carbons (Fsp3) is 0.188. The Labute approximate surface area is 117 Å². The van der Waals surface area contributed by atoms with Crippen LogP contribution in [-0.4, -0.2) is 12.5 Å². The highest BCUT2D eigenvalue weighted by Crippen LogP contribution is 2.16. The number of nitrogens with one attached hydrogen (secondary N) is 2. The number of para-hydroxylation sites is 1. The quantitative estimate of drug-likeness (QED) is 0.894. The highest BCUT2D eigenvalue weighted by molar-refractivity contribution is 5.93. The van der Waals surface area contributed by atoms with Crippen molar-refractivity contribution in [3.63, 3.8) is 0 Å². The Bertz CT molecular complexity index is 626. The van der Waals surface area contributed by atoms with E-state index in [0.717, 1.165) is 16.8 Å². The van der Waals surface area contributed by atoms with Crippen LogP contribution in [0.4, 0.5) is 15.8 Å². The number of anilines is 2.